The number of pyridine rings is 1. The van der Waals surface area contributed by atoms with Gasteiger partial charge >= 0.3 is 6.18 Å². The fraction of sp³-hybridized carbons (Fsp3) is 0.300. The molecule has 4 rings (SSSR count). The number of nitriles is 1. The third-order valence-corrected chi connectivity index (χ3v) is 4.88. The first-order chi connectivity index (χ1) is 16.1. The van der Waals surface area contributed by atoms with Gasteiger partial charge in [0.1, 0.15) is 17.1 Å². The summed E-state index contributed by atoms with van der Waals surface area (Å²) in [5.41, 5.74) is -1.84. The van der Waals surface area contributed by atoms with E-state index in [1.165, 1.54) is 6.20 Å². The molecule has 0 atom stereocenters. The van der Waals surface area contributed by atoms with Crippen molar-refractivity contribution in [2.24, 2.45) is 4.99 Å². The largest absolute Gasteiger partial charge is 0.429 e. The van der Waals surface area contributed by atoms with E-state index < -0.39 is 35.4 Å². The lowest BCUT2D eigenvalue weighted by Gasteiger charge is -2.11. The number of alkyl halides is 5. The predicted molar refractivity (Wildman–Crippen MR) is 109 cm³/mol. The summed E-state index contributed by atoms with van der Waals surface area (Å²) in [6.07, 6.45) is -2.95. The van der Waals surface area contributed by atoms with Crippen molar-refractivity contribution >= 4 is 23.3 Å². The zero-order chi connectivity index (χ0) is 24.5. The molecule has 1 N–H and O–H groups in total. The van der Waals surface area contributed by atoms with Gasteiger partial charge in [-0.05, 0) is 31.9 Å². The highest BCUT2D eigenvalue weighted by atomic mass is 19.4. The molecule has 0 radical (unpaired) electrons. The molecule has 0 aliphatic heterocycles. The van der Waals surface area contributed by atoms with E-state index in [0.717, 1.165) is 19.3 Å². The van der Waals surface area contributed by atoms with E-state index in [4.69, 9.17) is 0 Å². The quantitative estimate of drug-likeness (QED) is 0.405. The van der Waals surface area contributed by atoms with Crippen LogP contribution < -0.4 is 5.32 Å². The van der Waals surface area contributed by atoms with Crippen LogP contribution in [0.2, 0.25) is 0 Å². The minimum absolute atomic E-state index is 0.207. The summed E-state index contributed by atoms with van der Waals surface area (Å²) in [5, 5.41) is 12.2. The Morgan fingerprint density at radius 1 is 1.18 bits per heavy atom. The first-order valence-corrected chi connectivity index (χ1v) is 9.73. The Morgan fingerprint density at radius 2 is 1.94 bits per heavy atom. The number of aromatic nitrogens is 6. The van der Waals surface area contributed by atoms with Gasteiger partial charge in [-0.3, -0.25) is 9.97 Å². The fourth-order valence-corrected chi connectivity index (χ4v) is 2.84. The van der Waals surface area contributed by atoms with Crippen LogP contribution in [0.1, 0.15) is 37.6 Å². The maximum Gasteiger partial charge on any atom is 0.429 e. The number of anilines is 2. The lowest BCUT2D eigenvalue weighted by molar-refractivity contribution is -0.0591. The molecule has 1 fully saturated rings. The second kappa shape index (κ2) is 8.65. The van der Waals surface area contributed by atoms with E-state index in [2.05, 4.69) is 46.3 Å². The molecule has 3 aromatic rings. The SMILES string of the molecule is C/C(=N\c1nc(Nc2ccnc(C3(C#N)CC3)c2)nc(-c2cncc(C(F)F)n2)n1)C(F)(F)F. The van der Waals surface area contributed by atoms with Gasteiger partial charge in [0.05, 0.1) is 29.6 Å². The average molecular weight is 475 g/mol. The van der Waals surface area contributed by atoms with Gasteiger partial charge < -0.3 is 5.32 Å². The maximum atomic E-state index is 13.0. The summed E-state index contributed by atoms with van der Waals surface area (Å²) < 4.78 is 65.0. The van der Waals surface area contributed by atoms with Crippen molar-refractivity contribution in [3.8, 4) is 17.6 Å². The van der Waals surface area contributed by atoms with Crippen LogP contribution in [-0.4, -0.2) is 41.8 Å². The van der Waals surface area contributed by atoms with E-state index in [1.807, 2.05) is 0 Å². The average Bonchev–Trinajstić information content (AvgIpc) is 3.60. The molecule has 1 aliphatic rings. The molecule has 14 heteroatoms. The van der Waals surface area contributed by atoms with Crippen molar-refractivity contribution in [1.82, 2.24) is 29.9 Å². The monoisotopic (exact) mass is 475 g/mol. The number of hydrogen-bond acceptors (Lipinski definition) is 9. The Labute approximate surface area is 188 Å². The molecule has 9 nitrogen and oxygen atoms in total. The zero-order valence-corrected chi connectivity index (χ0v) is 17.3. The molecule has 1 saturated carbocycles. The molecule has 0 aromatic carbocycles. The second-order valence-corrected chi connectivity index (χ2v) is 7.36. The van der Waals surface area contributed by atoms with E-state index in [9.17, 15) is 27.2 Å². The first-order valence-electron chi connectivity index (χ1n) is 9.73. The number of aliphatic imine (C=N–C) groups is 1. The van der Waals surface area contributed by atoms with Crippen molar-refractivity contribution in [3.05, 3.63) is 42.1 Å². The Kier molecular flexibility index (Phi) is 5.86. The molecule has 0 unspecified atom stereocenters. The van der Waals surface area contributed by atoms with Crippen molar-refractivity contribution in [2.75, 3.05) is 5.32 Å². The summed E-state index contributed by atoms with van der Waals surface area (Å²) in [4.78, 5) is 26.8. The van der Waals surface area contributed by atoms with Crippen LogP contribution in [-0.2, 0) is 5.41 Å². The Hall–Kier alpha value is -4.15. The van der Waals surface area contributed by atoms with Crippen LogP contribution >= 0.6 is 0 Å². The molecule has 0 amide bonds. The summed E-state index contributed by atoms with van der Waals surface area (Å²) in [7, 11) is 0. The Balaban J connectivity index is 1.76. The predicted octanol–water partition coefficient (Wildman–Crippen LogP) is 4.61. The molecular formula is C20H14F5N9. The standard InChI is InChI=1S/C20H14F5N9/c1-10(20(23,24)25)29-17-32-16(13-8-27-7-12(31-13)15(21)22)33-18(34-17)30-11-2-5-28-14(6-11)19(9-26)3-4-19/h2,5-8,15H,3-4H2,1H3,(H,28,30,32,33,34)/b29-10+. The van der Waals surface area contributed by atoms with Gasteiger partial charge in [-0.1, -0.05) is 0 Å². The summed E-state index contributed by atoms with van der Waals surface area (Å²) in [5.74, 6) is -1.15. The Bertz CT molecular complexity index is 1300. The van der Waals surface area contributed by atoms with Crippen LogP contribution in [0.25, 0.3) is 11.5 Å². The van der Waals surface area contributed by atoms with Crippen LogP contribution in [0.4, 0.5) is 39.5 Å². The van der Waals surface area contributed by atoms with E-state index in [1.54, 1.807) is 12.1 Å². The number of halogens is 5. The lowest BCUT2D eigenvalue weighted by Crippen LogP contribution is -2.19. The van der Waals surface area contributed by atoms with E-state index in [0.29, 0.717) is 24.2 Å². The first kappa shape index (κ1) is 23.0. The van der Waals surface area contributed by atoms with Gasteiger partial charge in [-0.15, -0.1) is 0 Å². The second-order valence-electron chi connectivity index (χ2n) is 7.36. The van der Waals surface area contributed by atoms with Gasteiger partial charge in [0, 0.05) is 11.9 Å². The van der Waals surface area contributed by atoms with E-state index >= 15 is 0 Å². The van der Waals surface area contributed by atoms with Crippen molar-refractivity contribution in [2.45, 2.75) is 37.8 Å². The van der Waals surface area contributed by atoms with Crippen molar-refractivity contribution < 1.29 is 22.0 Å². The molecule has 0 spiro atoms. The number of hydrogen-bond donors (Lipinski definition) is 1. The molecule has 1 aliphatic carbocycles. The van der Waals surface area contributed by atoms with Crippen molar-refractivity contribution in [3.63, 3.8) is 0 Å². The van der Waals surface area contributed by atoms with Crippen molar-refractivity contribution in [1.29, 1.82) is 5.26 Å². The highest BCUT2D eigenvalue weighted by molar-refractivity contribution is 5.89. The third-order valence-electron chi connectivity index (χ3n) is 4.88. The van der Waals surface area contributed by atoms with Crippen LogP contribution in [0.15, 0.2) is 35.7 Å². The topological polar surface area (TPSA) is 126 Å². The molecule has 0 saturated heterocycles. The molecule has 3 aromatic heterocycles. The molecule has 3 heterocycles. The summed E-state index contributed by atoms with van der Waals surface area (Å²) in [6.45, 7) is 0.736. The van der Waals surface area contributed by atoms with Gasteiger partial charge in [0.25, 0.3) is 12.4 Å². The van der Waals surface area contributed by atoms with Crippen LogP contribution in [0.5, 0.6) is 0 Å². The smallest absolute Gasteiger partial charge is 0.324 e. The van der Waals surface area contributed by atoms with E-state index in [-0.39, 0.29) is 17.5 Å². The maximum absolute atomic E-state index is 13.0. The molecular weight excluding hydrogens is 461 g/mol. The number of nitrogens with zero attached hydrogens (tertiary/aromatic N) is 8. The molecule has 34 heavy (non-hydrogen) atoms. The minimum atomic E-state index is -4.73. The molecule has 174 valence electrons. The summed E-state index contributed by atoms with van der Waals surface area (Å²) >= 11 is 0. The van der Waals surface area contributed by atoms with Gasteiger partial charge in [0.2, 0.25) is 5.95 Å². The highest BCUT2D eigenvalue weighted by Gasteiger charge is 2.46. The van der Waals surface area contributed by atoms with Gasteiger partial charge in [0.15, 0.2) is 5.82 Å². The molecule has 0 bridgehead atoms. The number of rotatable bonds is 6. The Morgan fingerprint density at radius 3 is 2.59 bits per heavy atom. The lowest BCUT2D eigenvalue weighted by atomic mass is 10.0. The zero-order valence-electron chi connectivity index (χ0n) is 17.3. The fourth-order valence-electron chi connectivity index (χ4n) is 2.84. The van der Waals surface area contributed by atoms with Gasteiger partial charge in [-0.2, -0.15) is 33.4 Å². The van der Waals surface area contributed by atoms with Crippen LogP contribution in [0, 0.1) is 11.3 Å². The highest BCUT2D eigenvalue weighted by Crippen LogP contribution is 2.47. The normalized spacial score (nSPS) is 15.2. The number of nitrogens with one attached hydrogen (secondary N) is 1. The third kappa shape index (κ3) is 4.92. The summed E-state index contributed by atoms with van der Waals surface area (Å²) in [6, 6.07) is 5.36. The van der Waals surface area contributed by atoms with Crippen LogP contribution in [0.3, 0.4) is 0 Å². The van der Waals surface area contributed by atoms with Gasteiger partial charge in [-0.25, -0.2) is 18.8 Å². The minimum Gasteiger partial charge on any atom is -0.324 e.